The van der Waals surface area contributed by atoms with Crippen LogP contribution >= 0.6 is 0 Å². The van der Waals surface area contributed by atoms with Crippen molar-refractivity contribution in [3.63, 3.8) is 0 Å². The van der Waals surface area contributed by atoms with Gasteiger partial charge >= 0.3 is 0 Å². The van der Waals surface area contributed by atoms with E-state index in [1.807, 2.05) is 13.8 Å². The van der Waals surface area contributed by atoms with Crippen molar-refractivity contribution in [3.05, 3.63) is 47.0 Å². The van der Waals surface area contributed by atoms with Crippen molar-refractivity contribution < 1.29 is 14.7 Å². The molecule has 2 N–H and O–H groups in total. The predicted octanol–water partition coefficient (Wildman–Crippen LogP) is 1.35. The highest BCUT2D eigenvalue weighted by atomic mass is 16.3. The van der Waals surface area contributed by atoms with Crippen molar-refractivity contribution >= 4 is 12.3 Å². The van der Waals surface area contributed by atoms with Crippen LogP contribution < -0.4 is 0 Å². The highest BCUT2D eigenvalue weighted by molar-refractivity contribution is 6.10. The lowest BCUT2D eigenvalue weighted by Crippen LogP contribution is -2.03. The molecule has 0 radical (unpaired) electrons. The number of nitrogens with zero attached hydrogens (tertiary/aromatic N) is 2. The molecule has 0 unspecified atom stereocenters. The van der Waals surface area contributed by atoms with E-state index < -0.39 is 0 Å². The molecule has 0 aliphatic heterocycles. The first kappa shape index (κ1) is 13.6. The summed E-state index contributed by atoms with van der Waals surface area (Å²) in [6.07, 6.45) is 3.22. The molecule has 0 aromatic carbocycles. The first-order valence-corrected chi connectivity index (χ1v) is 5.16. The lowest BCUT2D eigenvalue weighted by Gasteiger charge is -1.99. The van der Waals surface area contributed by atoms with Gasteiger partial charge < -0.3 is 5.11 Å². The molecule has 0 saturated heterocycles. The number of hydrogen-bond donors (Lipinski definition) is 2. The number of carboxylic acid groups (broad SMARTS) is 1. The van der Waals surface area contributed by atoms with Crippen LogP contribution in [0.3, 0.4) is 0 Å². The molecule has 18 heavy (non-hydrogen) atoms. The third kappa shape index (κ3) is 3.00. The molecule has 2 heterocycles. The Kier molecular flexibility index (Phi) is 4.74. The fourth-order valence-electron chi connectivity index (χ4n) is 1.53. The third-order valence-electron chi connectivity index (χ3n) is 2.30. The van der Waals surface area contributed by atoms with Gasteiger partial charge in [0.2, 0.25) is 0 Å². The van der Waals surface area contributed by atoms with Gasteiger partial charge in [0.05, 0.1) is 11.3 Å². The summed E-state index contributed by atoms with van der Waals surface area (Å²) in [4.78, 5) is 24.3. The largest absolute Gasteiger partial charge is 0.483 e. The summed E-state index contributed by atoms with van der Waals surface area (Å²) in [6.45, 7) is 3.41. The molecule has 0 fully saturated rings. The topological polar surface area (TPSA) is 95.9 Å². The maximum atomic E-state index is 12.1. The number of rotatable bonds is 2. The van der Waals surface area contributed by atoms with Gasteiger partial charge in [-0.2, -0.15) is 5.10 Å². The zero-order valence-electron chi connectivity index (χ0n) is 10.0. The van der Waals surface area contributed by atoms with Gasteiger partial charge in [-0.25, -0.2) is 0 Å². The van der Waals surface area contributed by atoms with Gasteiger partial charge in [0, 0.05) is 23.7 Å². The minimum atomic E-state index is -0.250. The van der Waals surface area contributed by atoms with Gasteiger partial charge in [-0.3, -0.25) is 19.7 Å². The second-order valence-electron chi connectivity index (χ2n) is 3.48. The van der Waals surface area contributed by atoms with Crippen LogP contribution in [-0.4, -0.2) is 32.5 Å². The van der Waals surface area contributed by atoms with Crippen molar-refractivity contribution in [2.75, 3.05) is 0 Å². The maximum absolute atomic E-state index is 12.1. The highest BCUT2D eigenvalue weighted by Gasteiger charge is 2.16. The first-order chi connectivity index (χ1) is 8.61. The van der Waals surface area contributed by atoms with E-state index in [0.29, 0.717) is 11.1 Å². The molecule has 0 aliphatic carbocycles. The molecule has 0 spiro atoms. The maximum Gasteiger partial charge on any atom is 0.290 e. The molecule has 2 aromatic rings. The molecule has 2 aromatic heterocycles. The number of nitrogens with one attached hydrogen (secondary N) is 1. The van der Waals surface area contributed by atoms with Crippen LogP contribution in [0.1, 0.15) is 27.3 Å². The average molecular weight is 247 g/mol. The van der Waals surface area contributed by atoms with Gasteiger partial charge in [0.1, 0.15) is 0 Å². The quantitative estimate of drug-likeness (QED) is 0.617. The third-order valence-corrected chi connectivity index (χ3v) is 2.30. The van der Waals surface area contributed by atoms with E-state index in [1.54, 1.807) is 24.5 Å². The molecule has 2 rings (SSSR count). The van der Waals surface area contributed by atoms with E-state index in [-0.39, 0.29) is 12.3 Å². The number of H-pyrrole nitrogens is 1. The zero-order chi connectivity index (χ0) is 13.5. The van der Waals surface area contributed by atoms with E-state index in [2.05, 4.69) is 15.2 Å². The number of hydrogen-bond acceptors (Lipinski definition) is 4. The second-order valence-corrected chi connectivity index (χ2v) is 3.48. The Morgan fingerprint density at radius 2 is 1.89 bits per heavy atom. The Morgan fingerprint density at radius 3 is 2.33 bits per heavy atom. The Hall–Kier alpha value is -2.50. The summed E-state index contributed by atoms with van der Waals surface area (Å²) in [6, 6.07) is 3.41. The van der Waals surface area contributed by atoms with E-state index >= 15 is 0 Å². The summed E-state index contributed by atoms with van der Waals surface area (Å²) in [5, 5.41) is 13.7. The summed E-state index contributed by atoms with van der Waals surface area (Å²) in [7, 11) is 0. The van der Waals surface area contributed by atoms with Crippen molar-refractivity contribution in [2.45, 2.75) is 13.8 Å². The Labute approximate surface area is 104 Å². The van der Waals surface area contributed by atoms with Gasteiger partial charge in [-0.15, -0.1) is 0 Å². The summed E-state index contributed by atoms with van der Waals surface area (Å²) in [5.41, 5.74) is 2.82. The Morgan fingerprint density at radius 1 is 1.33 bits per heavy atom. The van der Waals surface area contributed by atoms with Crippen LogP contribution in [0, 0.1) is 13.8 Å². The predicted molar refractivity (Wildman–Crippen MR) is 64.4 cm³/mol. The molecule has 6 heteroatoms. The number of aryl methyl sites for hydroxylation is 2. The molecule has 0 saturated carbocycles. The van der Waals surface area contributed by atoms with E-state index in [1.165, 1.54) is 0 Å². The van der Waals surface area contributed by atoms with Crippen LogP contribution in [0.2, 0.25) is 0 Å². The number of aromatic nitrogens is 3. The average Bonchev–Trinajstić information content (AvgIpc) is 2.70. The zero-order valence-corrected chi connectivity index (χ0v) is 10.0. The van der Waals surface area contributed by atoms with E-state index in [0.717, 1.165) is 11.4 Å². The Bertz CT molecular complexity index is 515. The fraction of sp³-hybridized carbons (Fsp3) is 0.167. The van der Waals surface area contributed by atoms with Crippen LogP contribution in [0.25, 0.3) is 0 Å². The van der Waals surface area contributed by atoms with Crippen LogP contribution in [-0.2, 0) is 4.79 Å². The SMILES string of the molecule is Cc1n[nH]c(C)c1C(=O)c1ccncc1.O=CO. The van der Waals surface area contributed by atoms with Gasteiger partial charge in [0.25, 0.3) is 6.47 Å². The molecule has 6 nitrogen and oxygen atoms in total. The van der Waals surface area contributed by atoms with E-state index in [4.69, 9.17) is 9.90 Å². The van der Waals surface area contributed by atoms with Crippen molar-refractivity contribution in [1.82, 2.24) is 15.2 Å². The molecular weight excluding hydrogens is 234 g/mol. The first-order valence-electron chi connectivity index (χ1n) is 5.16. The normalized spacial score (nSPS) is 9.22. The smallest absolute Gasteiger partial charge is 0.290 e. The molecule has 0 amide bonds. The number of pyridine rings is 1. The molecule has 0 atom stereocenters. The van der Waals surface area contributed by atoms with Crippen LogP contribution in [0.5, 0.6) is 0 Å². The van der Waals surface area contributed by atoms with Gasteiger partial charge in [-0.1, -0.05) is 0 Å². The van der Waals surface area contributed by atoms with Crippen LogP contribution in [0.4, 0.5) is 0 Å². The van der Waals surface area contributed by atoms with Gasteiger partial charge in [-0.05, 0) is 26.0 Å². The number of aromatic amines is 1. The van der Waals surface area contributed by atoms with Crippen LogP contribution in [0.15, 0.2) is 24.5 Å². The highest BCUT2D eigenvalue weighted by Crippen LogP contribution is 2.14. The van der Waals surface area contributed by atoms with E-state index in [9.17, 15) is 4.79 Å². The molecule has 94 valence electrons. The number of ketones is 1. The Balaban J connectivity index is 0.000000492. The minimum absolute atomic E-state index is 0.0128. The lowest BCUT2D eigenvalue weighted by atomic mass is 10.0. The summed E-state index contributed by atoms with van der Waals surface area (Å²) >= 11 is 0. The number of carbonyl (C=O) groups excluding carboxylic acids is 1. The summed E-state index contributed by atoms with van der Waals surface area (Å²) in [5.74, 6) is -0.0128. The molecule has 0 bridgehead atoms. The fourth-order valence-corrected chi connectivity index (χ4v) is 1.53. The van der Waals surface area contributed by atoms with Crippen molar-refractivity contribution in [3.8, 4) is 0 Å². The molecule has 0 aliphatic rings. The van der Waals surface area contributed by atoms with Crippen molar-refractivity contribution in [2.24, 2.45) is 0 Å². The summed E-state index contributed by atoms with van der Waals surface area (Å²) < 4.78 is 0. The van der Waals surface area contributed by atoms with Crippen molar-refractivity contribution in [1.29, 1.82) is 0 Å². The standard InChI is InChI=1S/C11H11N3O.CH2O2/c1-7-10(8(2)14-13-7)11(15)9-3-5-12-6-4-9;2-1-3/h3-6H,1-2H3,(H,13,14);1H,(H,2,3). The van der Waals surface area contributed by atoms with Gasteiger partial charge in [0.15, 0.2) is 5.78 Å². The monoisotopic (exact) mass is 247 g/mol. The molecular formula is C12H13N3O3. The lowest BCUT2D eigenvalue weighted by molar-refractivity contribution is -0.122. The number of carbonyl (C=O) groups is 2. The minimum Gasteiger partial charge on any atom is -0.483 e. The second kappa shape index (κ2) is 6.29.